The Hall–Kier alpha value is -1.37. The summed E-state index contributed by atoms with van der Waals surface area (Å²) in [5.74, 6) is 0.468. The molecule has 0 saturated heterocycles. The summed E-state index contributed by atoms with van der Waals surface area (Å²) in [6.07, 6.45) is 3.92. The number of carbonyl (C=O) groups excluding carboxylic acids is 1. The van der Waals surface area contributed by atoms with Crippen molar-refractivity contribution in [2.45, 2.75) is 52.2 Å². The molecule has 1 aromatic heterocycles. The highest BCUT2D eigenvalue weighted by atomic mass is 79.9. The molecule has 6 nitrogen and oxygen atoms in total. The maximum absolute atomic E-state index is 12.2. The van der Waals surface area contributed by atoms with Crippen molar-refractivity contribution in [1.82, 2.24) is 15.1 Å². The molecule has 1 heterocycles. The van der Waals surface area contributed by atoms with Gasteiger partial charge in [0, 0.05) is 12.6 Å². The Morgan fingerprint density at radius 3 is 2.71 bits per heavy atom. The molecule has 1 unspecified atom stereocenters. The molecular weight excluding hydrogens is 336 g/mol. The highest BCUT2D eigenvalue weighted by Crippen LogP contribution is 2.30. The number of hydrogen-bond donors (Lipinski definition) is 2. The van der Waals surface area contributed by atoms with E-state index in [2.05, 4.69) is 31.7 Å². The molecular formula is C14H21BrN4O2. The zero-order valence-electron chi connectivity index (χ0n) is 12.5. The molecule has 0 bridgehead atoms. The molecule has 0 radical (unpaired) electrons. The van der Waals surface area contributed by atoms with E-state index >= 15 is 0 Å². The summed E-state index contributed by atoms with van der Waals surface area (Å²) in [5, 5.41) is 10.0. The maximum Gasteiger partial charge on any atom is 0.283 e. The number of nitrogens with zero attached hydrogens (tertiary/aromatic N) is 2. The SMILES string of the molecule is CC(C)NC(=O)C(C)Nc1cnn(CC2CC2)c(=O)c1Br. The zero-order chi connectivity index (χ0) is 15.6. The summed E-state index contributed by atoms with van der Waals surface area (Å²) in [4.78, 5) is 24.1. The number of aromatic nitrogens is 2. The smallest absolute Gasteiger partial charge is 0.283 e. The van der Waals surface area contributed by atoms with Crippen LogP contribution in [0.2, 0.25) is 0 Å². The number of amides is 1. The van der Waals surface area contributed by atoms with E-state index in [9.17, 15) is 9.59 Å². The number of rotatable bonds is 6. The topological polar surface area (TPSA) is 76.0 Å². The fourth-order valence-electron chi connectivity index (χ4n) is 1.95. The third kappa shape index (κ3) is 4.30. The number of anilines is 1. The average Bonchev–Trinajstić information content (AvgIpc) is 3.21. The van der Waals surface area contributed by atoms with E-state index in [0.717, 1.165) is 12.8 Å². The molecule has 1 amide bonds. The largest absolute Gasteiger partial charge is 0.372 e. The van der Waals surface area contributed by atoms with Gasteiger partial charge in [0.25, 0.3) is 5.56 Å². The summed E-state index contributed by atoms with van der Waals surface area (Å²) in [6.45, 7) is 6.23. The fourth-order valence-corrected chi connectivity index (χ4v) is 2.37. The van der Waals surface area contributed by atoms with E-state index in [-0.39, 0.29) is 17.5 Å². The van der Waals surface area contributed by atoms with Crippen molar-refractivity contribution < 1.29 is 4.79 Å². The van der Waals surface area contributed by atoms with Crippen LogP contribution in [-0.4, -0.2) is 27.8 Å². The van der Waals surface area contributed by atoms with Crippen molar-refractivity contribution >= 4 is 27.5 Å². The molecule has 1 aromatic rings. The summed E-state index contributed by atoms with van der Waals surface area (Å²) >= 11 is 3.30. The van der Waals surface area contributed by atoms with Crippen LogP contribution in [0.3, 0.4) is 0 Å². The van der Waals surface area contributed by atoms with Gasteiger partial charge in [-0.15, -0.1) is 0 Å². The number of hydrogen-bond acceptors (Lipinski definition) is 4. The Bertz CT molecular complexity index is 581. The monoisotopic (exact) mass is 356 g/mol. The molecule has 0 spiro atoms. The fraction of sp³-hybridized carbons (Fsp3) is 0.643. The summed E-state index contributed by atoms with van der Waals surface area (Å²) < 4.78 is 1.90. The molecule has 1 atom stereocenters. The maximum atomic E-state index is 12.2. The van der Waals surface area contributed by atoms with Gasteiger partial charge in [-0.05, 0) is 55.5 Å². The Labute approximate surface area is 132 Å². The van der Waals surface area contributed by atoms with Crippen molar-refractivity contribution in [1.29, 1.82) is 0 Å². The van der Waals surface area contributed by atoms with Gasteiger partial charge in [-0.1, -0.05) is 0 Å². The molecule has 2 N–H and O–H groups in total. The molecule has 1 aliphatic rings. The Balaban J connectivity index is 2.08. The zero-order valence-corrected chi connectivity index (χ0v) is 14.1. The van der Waals surface area contributed by atoms with E-state index in [4.69, 9.17) is 0 Å². The van der Waals surface area contributed by atoms with Crippen LogP contribution in [0.15, 0.2) is 15.5 Å². The number of halogens is 1. The van der Waals surface area contributed by atoms with Crippen molar-refractivity contribution in [3.63, 3.8) is 0 Å². The van der Waals surface area contributed by atoms with Gasteiger partial charge in [-0.3, -0.25) is 9.59 Å². The lowest BCUT2D eigenvalue weighted by Crippen LogP contribution is -2.41. The van der Waals surface area contributed by atoms with Crippen LogP contribution in [0, 0.1) is 5.92 Å². The van der Waals surface area contributed by atoms with Crippen LogP contribution in [-0.2, 0) is 11.3 Å². The van der Waals surface area contributed by atoms with E-state index < -0.39 is 6.04 Å². The molecule has 7 heteroatoms. The molecule has 116 valence electrons. The molecule has 0 aliphatic heterocycles. The minimum absolute atomic E-state index is 0.0786. The lowest BCUT2D eigenvalue weighted by Gasteiger charge is -2.18. The second-order valence-electron chi connectivity index (χ2n) is 5.83. The summed E-state index contributed by atoms with van der Waals surface area (Å²) in [7, 11) is 0. The van der Waals surface area contributed by atoms with Gasteiger partial charge in [-0.2, -0.15) is 5.10 Å². The van der Waals surface area contributed by atoms with E-state index in [0.29, 0.717) is 22.6 Å². The van der Waals surface area contributed by atoms with Crippen molar-refractivity contribution in [2.75, 3.05) is 5.32 Å². The Morgan fingerprint density at radius 1 is 1.48 bits per heavy atom. The van der Waals surface area contributed by atoms with Gasteiger partial charge in [-0.25, -0.2) is 4.68 Å². The number of nitrogens with one attached hydrogen (secondary N) is 2. The van der Waals surface area contributed by atoms with Crippen LogP contribution in [0.25, 0.3) is 0 Å². The minimum atomic E-state index is -0.441. The summed E-state index contributed by atoms with van der Waals surface area (Å²) in [6, 6.07) is -0.362. The third-order valence-corrected chi connectivity index (χ3v) is 4.08. The first-order chi connectivity index (χ1) is 9.88. The molecule has 2 rings (SSSR count). The summed E-state index contributed by atoms with van der Waals surface area (Å²) in [5.41, 5.74) is 0.377. The first-order valence-corrected chi connectivity index (χ1v) is 8.00. The Kier molecular flexibility index (Phi) is 5.03. The first kappa shape index (κ1) is 16.0. The lowest BCUT2D eigenvalue weighted by atomic mass is 10.2. The van der Waals surface area contributed by atoms with Gasteiger partial charge in [0.15, 0.2) is 0 Å². The van der Waals surface area contributed by atoms with Gasteiger partial charge in [0.05, 0.1) is 11.9 Å². The van der Waals surface area contributed by atoms with Crippen LogP contribution < -0.4 is 16.2 Å². The standard InChI is InChI=1S/C14H21BrN4O2/c1-8(2)17-13(20)9(3)18-11-6-16-19(7-10-4-5-10)14(21)12(11)15/h6,8-10,18H,4-5,7H2,1-3H3,(H,17,20). The molecule has 0 aromatic carbocycles. The second kappa shape index (κ2) is 6.60. The Morgan fingerprint density at radius 2 is 2.14 bits per heavy atom. The average molecular weight is 357 g/mol. The van der Waals surface area contributed by atoms with Gasteiger partial charge >= 0.3 is 0 Å². The van der Waals surface area contributed by atoms with Crippen molar-refractivity contribution in [2.24, 2.45) is 5.92 Å². The molecule has 1 fully saturated rings. The van der Waals surface area contributed by atoms with Crippen LogP contribution >= 0.6 is 15.9 Å². The highest BCUT2D eigenvalue weighted by Gasteiger charge is 2.24. The van der Waals surface area contributed by atoms with E-state index in [1.165, 1.54) is 4.68 Å². The van der Waals surface area contributed by atoms with Crippen LogP contribution in [0.5, 0.6) is 0 Å². The normalized spacial score (nSPS) is 15.9. The van der Waals surface area contributed by atoms with Gasteiger partial charge in [0.2, 0.25) is 5.91 Å². The van der Waals surface area contributed by atoms with Gasteiger partial charge in [0.1, 0.15) is 10.5 Å². The van der Waals surface area contributed by atoms with Crippen molar-refractivity contribution in [3.8, 4) is 0 Å². The minimum Gasteiger partial charge on any atom is -0.372 e. The van der Waals surface area contributed by atoms with Crippen LogP contribution in [0.1, 0.15) is 33.6 Å². The third-order valence-electron chi connectivity index (χ3n) is 3.31. The van der Waals surface area contributed by atoms with Gasteiger partial charge < -0.3 is 10.6 Å². The highest BCUT2D eigenvalue weighted by molar-refractivity contribution is 9.10. The quantitative estimate of drug-likeness (QED) is 0.813. The first-order valence-electron chi connectivity index (χ1n) is 7.21. The molecule has 1 aliphatic carbocycles. The lowest BCUT2D eigenvalue weighted by molar-refractivity contribution is -0.122. The molecule has 1 saturated carbocycles. The van der Waals surface area contributed by atoms with Crippen molar-refractivity contribution in [3.05, 3.63) is 21.0 Å². The van der Waals surface area contributed by atoms with E-state index in [1.807, 2.05) is 13.8 Å². The van der Waals surface area contributed by atoms with E-state index in [1.54, 1.807) is 13.1 Å². The predicted octanol–water partition coefficient (Wildman–Crippen LogP) is 1.74. The second-order valence-corrected chi connectivity index (χ2v) is 6.63. The number of carbonyl (C=O) groups is 1. The predicted molar refractivity (Wildman–Crippen MR) is 85.3 cm³/mol. The van der Waals surface area contributed by atoms with Crippen LogP contribution in [0.4, 0.5) is 5.69 Å². The molecule has 21 heavy (non-hydrogen) atoms.